The minimum Gasteiger partial charge on any atom is -0.466 e. The number of aliphatic imine (C=N–C) groups is 1. The van der Waals surface area contributed by atoms with Crippen molar-refractivity contribution in [3.63, 3.8) is 0 Å². The molecule has 164 valence electrons. The second-order valence-corrected chi connectivity index (χ2v) is 6.67. The number of nitrogens with two attached hydrogens (primary N) is 1. The van der Waals surface area contributed by atoms with Gasteiger partial charge in [0.15, 0.2) is 0 Å². The summed E-state index contributed by atoms with van der Waals surface area (Å²) in [7, 11) is 1.55. The average Bonchev–Trinajstić information content (AvgIpc) is 2.66. The fraction of sp³-hybridized carbons (Fsp3) is 0.722. The molecule has 0 saturated carbocycles. The number of carbonyl (C=O) groups excluding carboxylic acids is 4. The topological polar surface area (TPSA) is 146 Å². The van der Waals surface area contributed by atoms with Gasteiger partial charge in [0, 0.05) is 33.5 Å². The van der Waals surface area contributed by atoms with Crippen molar-refractivity contribution in [3.05, 3.63) is 0 Å². The van der Waals surface area contributed by atoms with Crippen LogP contribution in [0.1, 0.15) is 33.1 Å². The van der Waals surface area contributed by atoms with Crippen molar-refractivity contribution in [2.24, 2.45) is 10.7 Å². The fourth-order valence-corrected chi connectivity index (χ4v) is 2.77. The summed E-state index contributed by atoms with van der Waals surface area (Å²) in [6, 6.07) is -0.739. The van der Waals surface area contributed by atoms with Crippen LogP contribution < -0.4 is 16.4 Å². The largest absolute Gasteiger partial charge is 0.466 e. The standard InChI is InChI=1S/C18H32N6O5/c1-4-29-16(27)7-11-24(9-5-8-19)10-6-15(26)23(3)14-12-20-18(21-13(2)25)22-17(14)28/h14H,4-12,19H2,1-3H3,(H2,20,21,22,25,28). The molecule has 0 aromatic heterocycles. The number of nitrogens with zero attached hydrogens (tertiary/aromatic N) is 3. The predicted octanol–water partition coefficient (Wildman–Crippen LogP) is -1.57. The molecule has 0 saturated heterocycles. The van der Waals surface area contributed by atoms with Gasteiger partial charge in [-0.15, -0.1) is 0 Å². The van der Waals surface area contributed by atoms with Crippen LogP contribution in [0.15, 0.2) is 4.99 Å². The highest BCUT2D eigenvalue weighted by Crippen LogP contribution is 2.06. The first-order valence-corrected chi connectivity index (χ1v) is 9.75. The minimum atomic E-state index is -0.739. The Morgan fingerprint density at radius 1 is 1.28 bits per heavy atom. The van der Waals surface area contributed by atoms with Gasteiger partial charge in [0.05, 0.1) is 19.6 Å². The van der Waals surface area contributed by atoms with Crippen LogP contribution in [0.25, 0.3) is 0 Å². The number of nitrogens with one attached hydrogen (secondary N) is 2. The van der Waals surface area contributed by atoms with E-state index in [4.69, 9.17) is 10.5 Å². The van der Waals surface area contributed by atoms with Crippen molar-refractivity contribution in [1.82, 2.24) is 20.4 Å². The van der Waals surface area contributed by atoms with Crippen molar-refractivity contribution < 1.29 is 23.9 Å². The van der Waals surface area contributed by atoms with E-state index in [2.05, 4.69) is 15.6 Å². The summed E-state index contributed by atoms with van der Waals surface area (Å²) in [6.45, 7) is 5.57. The molecule has 0 bridgehead atoms. The van der Waals surface area contributed by atoms with Crippen LogP contribution in [0.4, 0.5) is 0 Å². The smallest absolute Gasteiger partial charge is 0.307 e. The zero-order valence-electron chi connectivity index (χ0n) is 17.4. The fourth-order valence-electron chi connectivity index (χ4n) is 2.77. The predicted molar refractivity (Wildman–Crippen MR) is 107 cm³/mol. The Morgan fingerprint density at radius 2 is 1.97 bits per heavy atom. The molecule has 0 fully saturated rings. The van der Waals surface area contributed by atoms with E-state index in [9.17, 15) is 19.2 Å². The van der Waals surface area contributed by atoms with E-state index in [1.54, 1.807) is 14.0 Å². The molecule has 3 amide bonds. The maximum Gasteiger partial charge on any atom is 0.307 e. The van der Waals surface area contributed by atoms with Crippen molar-refractivity contribution in [1.29, 1.82) is 0 Å². The second kappa shape index (κ2) is 12.8. The van der Waals surface area contributed by atoms with Crippen LogP contribution in [0.3, 0.4) is 0 Å². The first-order chi connectivity index (χ1) is 13.8. The first-order valence-electron chi connectivity index (χ1n) is 9.75. The van der Waals surface area contributed by atoms with Gasteiger partial charge in [-0.05, 0) is 26.4 Å². The Balaban J connectivity index is 2.56. The van der Waals surface area contributed by atoms with Crippen LogP contribution in [0, 0.1) is 0 Å². The molecule has 1 atom stereocenters. The van der Waals surface area contributed by atoms with Gasteiger partial charge in [-0.2, -0.15) is 0 Å². The number of hydrogen-bond acceptors (Lipinski definition) is 8. The van der Waals surface area contributed by atoms with E-state index >= 15 is 0 Å². The summed E-state index contributed by atoms with van der Waals surface area (Å²) in [5.41, 5.74) is 5.56. The third kappa shape index (κ3) is 9.01. The number of esters is 1. The summed E-state index contributed by atoms with van der Waals surface area (Å²) in [6.07, 6.45) is 1.18. The third-order valence-corrected chi connectivity index (χ3v) is 4.38. The molecule has 1 aliphatic rings. The van der Waals surface area contributed by atoms with Crippen LogP contribution in [-0.4, -0.2) is 91.9 Å². The Morgan fingerprint density at radius 3 is 2.55 bits per heavy atom. The molecule has 29 heavy (non-hydrogen) atoms. The molecule has 1 rings (SSSR count). The molecule has 4 N–H and O–H groups in total. The lowest BCUT2D eigenvalue weighted by Crippen LogP contribution is -2.57. The molecule has 0 radical (unpaired) electrons. The van der Waals surface area contributed by atoms with Gasteiger partial charge in [-0.25, -0.2) is 4.99 Å². The molecule has 1 unspecified atom stereocenters. The van der Waals surface area contributed by atoms with Crippen LogP contribution in [0.5, 0.6) is 0 Å². The third-order valence-electron chi connectivity index (χ3n) is 4.38. The number of likely N-dealkylation sites (N-methyl/N-ethyl adjacent to an activating group) is 1. The van der Waals surface area contributed by atoms with Gasteiger partial charge >= 0.3 is 5.97 Å². The lowest BCUT2D eigenvalue weighted by atomic mass is 10.2. The molecular weight excluding hydrogens is 380 g/mol. The van der Waals surface area contributed by atoms with Crippen molar-refractivity contribution in [3.8, 4) is 0 Å². The van der Waals surface area contributed by atoms with Crippen molar-refractivity contribution in [2.75, 3.05) is 46.4 Å². The van der Waals surface area contributed by atoms with E-state index in [0.717, 1.165) is 6.42 Å². The molecule has 0 aromatic carbocycles. The van der Waals surface area contributed by atoms with Gasteiger partial charge < -0.3 is 20.3 Å². The van der Waals surface area contributed by atoms with Crippen molar-refractivity contribution in [2.45, 2.75) is 39.2 Å². The van der Waals surface area contributed by atoms with Gasteiger partial charge in [-0.1, -0.05) is 0 Å². The Kier molecular flexibility index (Phi) is 10.8. The van der Waals surface area contributed by atoms with Gasteiger partial charge in [0.1, 0.15) is 6.04 Å². The lowest BCUT2D eigenvalue weighted by Gasteiger charge is -2.30. The Hall–Kier alpha value is -2.53. The van der Waals surface area contributed by atoms with Crippen LogP contribution >= 0.6 is 0 Å². The zero-order chi connectivity index (χ0) is 21.8. The van der Waals surface area contributed by atoms with E-state index in [-0.39, 0.29) is 43.1 Å². The molecule has 0 aromatic rings. The summed E-state index contributed by atoms with van der Waals surface area (Å²) in [5.74, 6) is -1.14. The van der Waals surface area contributed by atoms with E-state index < -0.39 is 11.9 Å². The highest BCUT2D eigenvalue weighted by molar-refractivity contribution is 6.07. The first kappa shape index (κ1) is 24.5. The molecule has 11 nitrogen and oxygen atoms in total. The summed E-state index contributed by atoms with van der Waals surface area (Å²) in [4.78, 5) is 54.8. The maximum atomic E-state index is 12.6. The number of hydrogen-bond donors (Lipinski definition) is 3. The number of carbonyl (C=O) groups is 4. The average molecular weight is 412 g/mol. The van der Waals surface area contributed by atoms with Gasteiger partial charge in [0.25, 0.3) is 5.91 Å². The van der Waals surface area contributed by atoms with E-state index in [1.807, 2.05) is 4.90 Å². The highest BCUT2D eigenvalue weighted by atomic mass is 16.5. The molecule has 11 heteroatoms. The monoisotopic (exact) mass is 412 g/mol. The van der Waals surface area contributed by atoms with Crippen molar-refractivity contribution >= 4 is 29.7 Å². The van der Waals surface area contributed by atoms with E-state index in [0.29, 0.717) is 32.8 Å². The Labute approximate surface area is 171 Å². The minimum absolute atomic E-state index is 0.0729. The molecular formula is C18H32N6O5. The Bertz CT molecular complexity index is 624. The normalized spacial score (nSPS) is 16.1. The number of guanidine groups is 1. The van der Waals surface area contributed by atoms with Gasteiger partial charge in [-0.3, -0.25) is 29.8 Å². The molecule has 0 aliphatic carbocycles. The quantitative estimate of drug-likeness (QED) is 0.347. The summed E-state index contributed by atoms with van der Waals surface area (Å²) >= 11 is 0. The zero-order valence-corrected chi connectivity index (χ0v) is 17.4. The summed E-state index contributed by atoms with van der Waals surface area (Å²) < 4.78 is 4.94. The van der Waals surface area contributed by atoms with Gasteiger partial charge in [0.2, 0.25) is 17.8 Å². The maximum absolute atomic E-state index is 12.6. The summed E-state index contributed by atoms with van der Waals surface area (Å²) in [5, 5.41) is 4.89. The number of rotatable bonds is 11. The SMILES string of the molecule is CCOC(=O)CCN(CCCN)CCC(=O)N(C)C1CN=C(NC(C)=O)NC1=O. The van der Waals surface area contributed by atoms with E-state index in [1.165, 1.54) is 11.8 Å². The lowest BCUT2D eigenvalue weighted by molar-refractivity contribution is -0.143. The number of amides is 3. The number of ether oxygens (including phenoxy) is 1. The molecule has 1 aliphatic heterocycles. The van der Waals surface area contributed by atoms with Crippen LogP contribution in [0.2, 0.25) is 0 Å². The highest BCUT2D eigenvalue weighted by Gasteiger charge is 2.30. The molecule has 0 spiro atoms. The van der Waals surface area contributed by atoms with Crippen LogP contribution in [-0.2, 0) is 23.9 Å². The second-order valence-electron chi connectivity index (χ2n) is 6.67. The molecule has 1 heterocycles.